The van der Waals surface area contributed by atoms with Crippen LogP contribution in [0.5, 0.6) is 11.5 Å². The van der Waals surface area contributed by atoms with Gasteiger partial charge >= 0.3 is 0 Å². The quantitative estimate of drug-likeness (QED) is 0.503. The number of anilines is 1. The maximum Gasteiger partial charge on any atom is 0.171 e. The topological polar surface area (TPSA) is 73.6 Å². The Morgan fingerprint density at radius 2 is 1.97 bits per heavy atom. The predicted molar refractivity (Wildman–Crippen MR) is 108 cm³/mol. The zero-order chi connectivity index (χ0) is 21.1. The van der Waals surface area contributed by atoms with E-state index < -0.39 is 5.82 Å². The molecule has 1 aromatic carbocycles. The number of fused-ring (bicyclic) bond motifs is 3. The van der Waals surface area contributed by atoms with Crippen LogP contribution in [0.3, 0.4) is 0 Å². The van der Waals surface area contributed by atoms with E-state index >= 15 is 0 Å². The Balaban J connectivity index is 1.53. The minimum Gasteiger partial charge on any atom is -0.493 e. The van der Waals surface area contributed by atoms with Crippen LogP contribution in [-0.2, 0) is 6.54 Å². The second-order valence-electron chi connectivity index (χ2n) is 7.72. The van der Waals surface area contributed by atoms with Crippen molar-refractivity contribution >= 4 is 11.5 Å². The molecule has 9 heteroatoms. The van der Waals surface area contributed by atoms with Gasteiger partial charge in [0, 0.05) is 23.2 Å². The molecule has 0 fully saturated rings. The summed E-state index contributed by atoms with van der Waals surface area (Å²) in [5.41, 5.74) is 3.88. The number of aryl methyl sites for hydroxylation is 1. The molecule has 1 N–H and O–H groups in total. The molecule has 0 unspecified atom stereocenters. The van der Waals surface area contributed by atoms with Gasteiger partial charge in [-0.25, -0.2) is 8.78 Å². The van der Waals surface area contributed by atoms with Crippen molar-refractivity contribution in [2.75, 3.05) is 18.5 Å². The highest BCUT2D eigenvalue weighted by Crippen LogP contribution is 2.41. The highest BCUT2D eigenvalue weighted by molar-refractivity contribution is 5.81. The average Bonchev–Trinajstić information content (AvgIpc) is 3.40. The number of pyridine rings is 2. The van der Waals surface area contributed by atoms with E-state index in [1.54, 1.807) is 23.7 Å². The third kappa shape index (κ3) is 2.73. The molecule has 7 nitrogen and oxygen atoms in total. The molecule has 4 aromatic rings. The van der Waals surface area contributed by atoms with Crippen molar-refractivity contribution < 1.29 is 18.3 Å². The Hall–Kier alpha value is -3.75. The van der Waals surface area contributed by atoms with Gasteiger partial charge in [-0.1, -0.05) is 0 Å². The molecule has 2 aliphatic heterocycles. The molecule has 0 amide bonds. The maximum absolute atomic E-state index is 14.7. The second kappa shape index (κ2) is 6.63. The third-order valence-corrected chi connectivity index (χ3v) is 5.82. The SMILES string of the molecule is Cc1cc(F)cnc1-c1cc2c(n3cnnc13)NCc1c(F)ccc3c1[C@H](CO3)CO2. The van der Waals surface area contributed by atoms with E-state index in [0.29, 0.717) is 58.6 Å². The van der Waals surface area contributed by atoms with Gasteiger partial charge in [0.05, 0.1) is 31.0 Å². The van der Waals surface area contributed by atoms with Crippen molar-refractivity contribution in [3.05, 3.63) is 65.1 Å². The summed E-state index contributed by atoms with van der Waals surface area (Å²) in [7, 11) is 0. The molecule has 0 saturated carbocycles. The fraction of sp³-hybridized carbons (Fsp3) is 0.227. The molecular weight excluding hydrogens is 404 g/mol. The summed E-state index contributed by atoms with van der Waals surface area (Å²) >= 11 is 0. The molecule has 0 radical (unpaired) electrons. The fourth-order valence-corrected chi connectivity index (χ4v) is 4.38. The average molecular weight is 421 g/mol. The van der Waals surface area contributed by atoms with Gasteiger partial charge in [0.25, 0.3) is 0 Å². The van der Waals surface area contributed by atoms with Gasteiger partial charge in [-0.3, -0.25) is 9.38 Å². The van der Waals surface area contributed by atoms with E-state index in [1.807, 2.05) is 6.07 Å². The van der Waals surface area contributed by atoms with Gasteiger partial charge in [-0.05, 0) is 36.8 Å². The van der Waals surface area contributed by atoms with Crippen molar-refractivity contribution in [3.63, 3.8) is 0 Å². The van der Waals surface area contributed by atoms with Crippen LogP contribution in [0.2, 0.25) is 0 Å². The number of hydrogen-bond donors (Lipinski definition) is 1. The van der Waals surface area contributed by atoms with E-state index in [1.165, 1.54) is 18.3 Å². The zero-order valence-electron chi connectivity index (χ0n) is 16.5. The maximum atomic E-state index is 14.7. The van der Waals surface area contributed by atoms with Crippen molar-refractivity contribution in [1.29, 1.82) is 0 Å². The highest BCUT2D eigenvalue weighted by atomic mass is 19.1. The summed E-state index contributed by atoms with van der Waals surface area (Å²) in [6.07, 6.45) is 2.73. The highest BCUT2D eigenvalue weighted by Gasteiger charge is 2.31. The molecule has 156 valence electrons. The molecule has 31 heavy (non-hydrogen) atoms. The number of halogens is 2. The van der Waals surface area contributed by atoms with Crippen LogP contribution in [-0.4, -0.2) is 32.8 Å². The molecule has 3 aromatic heterocycles. The Bertz CT molecular complexity index is 1350. The third-order valence-electron chi connectivity index (χ3n) is 5.82. The van der Waals surface area contributed by atoms with Gasteiger partial charge in [-0.15, -0.1) is 10.2 Å². The molecule has 6 rings (SSSR count). The van der Waals surface area contributed by atoms with E-state index in [2.05, 4.69) is 20.5 Å². The standard InChI is InChI=1S/C22H17F2N5O2/c1-11-4-13(23)6-25-20(11)14-5-18-22(29-10-27-28-21(14)29)26-7-15-16(24)2-3-17-19(15)12(8-30-17)9-31-18/h2-6,10,12,26H,7-9H2,1H3/t12-/m1/s1. The molecule has 0 bridgehead atoms. The molecule has 0 aliphatic carbocycles. The lowest BCUT2D eigenvalue weighted by atomic mass is 9.96. The van der Waals surface area contributed by atoms with Gasteiger partial charge in [0.15, 0.2) is 17.2 Å². The monoisotopic (exact) mass is 421 g/mol. The van der Waals surface area contributed by atoms with Crippen LogP contribution in [0.4, 0.5) is 14.6 Å². The summed E-state index contributed by atoms with van der Waals surface area (Å²) in [5, 5.41) is 11.6. The Labute approximate surface area is 175 Å². The lowest BCUT2D eigenvalue weighted by Crippen LogP contribution is -2.13. The molecular formula is C22H17F2N5O2. The van der Waals surface area contributed by atoms with Crippen LogP contribution >= 0.6 is 0 Å². The summed E-state index contributed by atoms with van der Waals surface area (Å²) in [5.74, 6) is 1.08. The van der Waals surface area contributed by atoms with Crippen LogP contribution in [0.1, 0.15) is 22.6 Å². The number of ether oxygens (including phenoxy) is 2. The van der Waals surface area contributed by atoms with Crippen LogP contribution in [0.25, 0.3) is 16.9 Å². The number of hydrogen-bond acceptors (Lipinski definition) is 6. The zero-order valence-corrected chi connectivity index (χ0v) is 16.5. The summed E-state index contributed by atoms with van der Waals surface area (Å²) in [6, 6.07) is 6.34. The van der Waals surface area contributed by atoms with Gasteiger partial charge in [0.2, 0.25) is 0 Å². The number of benzene rings is 1. The number of rotatable bonds is 1. The van der Waals surface area contributed by atoms with Crippen molar-refractivity contribution in [2.24, 2.45) is 0 Å². The summed E-state index contributed by atoms with van der Waals surface area (Å²) in [6.45, 7) is 2.80. The minimum absolute atomic E-state index is 0.0841. The van der Waals surface area contributed by atoms with E-state index in [-0.39, 0.29) is 18.3 Å². The number of nitrogens with zero attached hydrogens (tertiary/aromatic N) is 4. The van der Waals surface area contributed by atoms with Crippen LogP contribution in [0.15, 0.2) is 36.8 Å². The van der Waals surface area contributed by atoms with E-state index in [9.17, 15) is 8.78 Å². The summed E-state index contributed by atoms with van der Waals surface area (Å²) in [4.78, 5) is 4.27. The van der Waals surface area contributed by atoms with Gasteiger partial charge in [-0.2, -0.15) is 0 Å². The molecule has 5 heterocycles. The van der Waals surface area contributed by atoms with Gasteiger partial charge < -0.3 is 14.8 Å². The molecule has 1 atom stereocenters. The van der Waals surface area contributed by atoms with Gasteiger partial charge in [0.1, 0.15) is 23.7 Å². The first-order chi connectivity index (χ1) is 15.1. The van der Waals surface area contributed by atoms with Crippen LogP contribution in [0, 0.1) is 18.6 Å². The lowest BCUT2D eigenvalue weighted by Gasteiger charge is -2.17. The Kier molecular flexibility index (Phi) is 3.86. The van der Waals surface area contributed by atoms with Crippen molar-refractivity contribution in [1.82, 2.24) is 19.6 Å². The molecule has 2 aliphatic rings. The van der Waals surface area contributed by atoms with E-state index in [0.717, 1.165) is 5.56 Å². The second-order valence-corrected chi connectivity index (χ2v) is 7.72. The first kappa shape index (κ1) is 18.1. The smallest absolute Gasteiger partial charge is 0.171 e. The van der Waals surface area contributed by atoms with E-state index in [4.69, 9.17) is 9.47 Å². The fourth-order valence-electron chi connectivity index (χ4n) is 4.38. The first-order valence-electron chi connectivity index (χ1n) is 9.90. The lowest BCUT2D eigenvalue weighted by molar-refractivity contribution is 0.249. The molecule has 0 saturated heterocycles. The summed E-state index contributed by atoms with van der Waals surface area (Å²) < 4.78 is 42.0. The van der Waals surface area contributed by atoms with Crippen LogP contribution < -0.4 is 14.8 Å². The Morgan fingerprint density at radius 3 is 2.81 bits per heavy atom. The number of aromatic nitrogens is 4. The first-order valence-corrected chi connectivity index (χ1v) is 9.90. The van der Waals surface area contributed by atoms with Crippen molar-refractivity contribution in [2.45, 2.75) is 19.4 Å². The normalized spacial score (nSPS) is 16.9. The Morgan fingerprint density at radius 1 is 1.13 bits per heavy atom. The largest absolute Gasteiger partial charge is 0.493 e. The minimum atomic E-state index is -0.406. The molecule has 0 spiro atoms. The predicted octanol–water partition coefficient (Wildman–Crippen LogP) is 3.86. The van der Waals surface area contributed by atoms with Crippen molar-refractivity contribution in [3.8, 4) is 22.8 Å². The number of nitrogens with one attached hydrogen (secondary N) is 1.